The number of methoxy groups -OCH3 is 2. The van der Waals surface area contributed by atoms with E-state index in [-0.39, 0.29) is 61.7 Å². The Bertz CT molecular complexity index is 2430. The van der Waals surface area contributed by atoms with Crippen molar-refractivity contribution in [3.63, 3.8) is 0 Å². The summed E-state index contributed by atoms with van der Waals surface area (Å²) in [5, 5.41) is 11.3. The molecule has 0 unspecified atom stereocenters. The van der Waals surface area contributed by atoms with Crippen molar-refractivity contribution in [1.29, 1.82) is 0 Å². The number of carbonyl (C=O) groups is 11. The SMILES string of the molecule is C/C=C/C[C@@H](C)[C@@H](OC)[C@@H]1C(=O)N[C@H]([C@@H](C)OC)C(=O)N(C)CC(=O)N(C)[C@@H](CC(C)C)C(=O)N[C@H](CC(C)C)C(=O)N(C)[C@H](CC(C)C)C(=O)N[C@H](C)C(=O)O[C@@H](C(C)C)C(=O)N(C)[C@H](CC(C)C)C(=O)N[C@H](CC(C)C)C(=O)N(C)[C@H](C(C)C)C(=O)N1C. The molecule has 24 heteroatoms. The lowest BCUT2D eigenvalue weighted by atomic mass is 9.91. The molecule has 0 aromatic carbocycles. The average molecular weight is 1280 g/mol. The second-order valence-electron chi connectivity index (χ2n) is 27.7. The van der Waals surface area contributed by atoms with E-state index in [1.807, 2.05) is 95.2 Å². The van der Waals surface area contributed by atoms with Gasteiger partial charge in [0, 0.05) is 56.5 Å². The minimum atomic E-state index is -1.46. The second kappa shape index (κ2) is 38.0. The molecule has 13 atom stereocenters. The maximum atomic E-state index is 15.4. The van der Waals surface area contributed by atoms with Crippen molar-refractivity contribution >= 4 is 65.0 Å². The molecule has 1 saturated heterocycles. The molecule has 0 aromatic rings. The van der Waals surface area contributed by atoms with Gasteiger partial charge in [0.15, 0.2) is 6.10 Å². The number of likely N-dealkylation sites (N-methyl/N-ethyl adjacent to an activating group) is 6. The molecule has 10 amide bonds. The van der Waals surface area contributed by atoms with E-state index in [4.69, 9.17) is 14.2 Å². The monoisotopic (exact) mass is 1270 g/mol. The number of hydrogen-bond acceptors (Lipinski definition) is 14. The lowest BCUT2D eigenvalue weighted by Gasteiger charge is -2.41. The molecule has 1 rings (SSSR count). The average Bonchev–Trinajstić information content (AvgIpc) is 0.958. The number of carbonyl (C=O) groups excluding carboxylic acids is 11. The molecular weight excluding hydrogens is 1160 g/mol. The molecule has 4 N–H and O–H groups in total. The van der Waals surface area contributed by atoms with Gasteiger partial charge in [-0.15, -0.1) is 0 Å². The van der Waals surface area contributed by atoms with Crippen LogP contribution in [0, 0.1) is 47.3 Å². The van der Waals surface area contributed by atoms with Gasteiger partial charge in [0.05, 0.1) is 18.8 Å². The highest BCUT2D eigenvalue weighted by molar-refractivity contribution is 5.99. The molecule has 1 aliphatic rings. The number of nitrogens with zero attached hydrogens (tertiary/aromatic N) is 6. The van der Waals surface area contributed by atoms with Crippen LogP contribution in [0.4, 0.5) is 0 Å². The van der Waals surface area contributed by atoms with Crippen molar-refractivity contribution in [2.45, 2.75) is 236 Å². The first kappa shape index (κ1) is 81.8. The van der Waals surface area contributed by atoms with Crippen LogP contribution in [0.25, 0.3) is 0 Å². The van der Waals surface area contributed by atoms with Gasteiger partial charge in [-0.25, -0.2) is 4.79 Å². The molecule has 1 heterocycles. The number of hydrogen-bond donors (Lipinski definition) is 4. The third-order valence-electron chi connectivity index (χ3n) is 16.7. The summed E-state index contributed by atoms with van der Waals surface area (Å²) < 4.78 is 17.7. The summed E-state index contributed by atoms with van der Waals surface area (Å²) in [5.74, 6) is -10.3. The van der Waals surface area contributed by atoms with Crippen molar-refractivity contribution in [2.75, 3.05) is 63.1 Å². The van der Waals surface area contributed by atoms with Gasteiger partial charge in [0.25, 0.3) is 5.91 Å². The number of cyclic esters (lactones) is 1. The van der Waals surface area contributed by atoms with Crippen LogP contribution in [0.3, 0.4) is 0 Å². The Kier molecular flexibility index (Phi) is 34.5. The van der Waals surface area contributed by atoms with Crippen LogP contribution in [0.5, 0.6) is 0 Å². The lowest BCUT2D eigenvalue weighted by Crippen LogP contribution is -2.64. The summed E-state index contributed by atoms with van der Waals surface area (Å²) in [5.41, 5.74) is 0. The third-order valence-corrected chi connectivity index (χ3v) is 16.7. The maximum absolute atomic E-state index is 15.4. The summed E-state index contributed by atoms with van der Waals surface area (Å²) in [7, 11) is 11.3. The first-order valence-electron chi connectivity index (χ1n) is 32.3. The van der Waals surface area contributed by atoms with Gasteiger partial charge in [0.1, 0.15) is 54.4 Å². The Balaban J connectivity index is 4.49. The molecule has 0 saturated carbocycles. The van der Waals surface area contributed by atoms with Gasteiger partial charge in [0.2, 0.25) is 53.2 Å². The van der Waals surface area contributed by atoms with E-state index in [1.165, 1.54) is 87.9 Å². The van der Waals surface area contributed by atoms with Crippen LogP contribution in [0.1, 0.15) is 163 Å². The Morgan fingerprint density at radius 1 is 0.478 bits per heavy atom. The zero-order chi connectivity index (χ0) is 69.7. The number of esters is 1. The highest BCUT2D eigenvalue weighted by atomic mass is 16.6. The van der Waals surface area contributed by atoms with E-state index >= 15 is 14.4 Å². The van der Waals surface area contributed by atoms with E-state index in [2.05, 4.69) is 21.3 Å². The van der Waals surface area contributed by atoms with E-state index in [0.717, 1.165) is 4.90 Å². The van der Waals surface area contributed by atoms with E-state index in [0.29, 0.717) is 6.42 Å². The van der Waals surface area contributed by atoms with Gasteiger partial charge in [-0.1, -0.05) is 116 Å². The van der Waals surface area contributed by atoms with Gasteiger partial charge in [-0.2, -0.15) is 0 Å². The number of amides is 10. The van der Waals surface area contributed by atoms with Crippen LogP contribution in [0.2, 0.25) is 0 Å². The van der Waals surface area contributed by atoms with Crippen molar-refractivity contribution in [3.8, 4) is 0 Å². The highest BCUT2D eigenvalue weighted by Crippen LogP contribution is 2.26. The predicted octanol–water partition coefficient (Wildman–Crippen LogP) is 4.66. The van der Waals surface area contributed by atoms with Gasteiger partial charge < -0.3 is 64.9 Å². The topological polar surface area (TPSA) is 283 Å². The Morgan fingerprint density at radius 2 is 0.889 bits per heavy atom. The molecule has 0 spiro atoms. The second-order valence-corrected chi connectivity index (χ2v) is 27.7. The maximum Gasteiger partial charge on any atom is 0.329 e. The Morgan fingerprint density at radius 3 is 1.29 bits per heavy atom. The van der Waals surface area contributed by atoms with Gasteiger partial charge >= 0.3 is 5.97 Å². The molecule has 516 valence electrons. The third kappa shape index (κ3) is 23.8. The molecule has 0 radical (unpaired) electrons. The predicted molar refractivity (Wildman–Crippen MR) is 347 cm³/mol. The van der Waals surface area contributed by atoms with E-state index in [1.54, 1.807) is 34.6 Å². The summed E-state index contributed by atoms with van der Waals surface area (Å²) in [6, 6.07) is -11.4. The molecule has 0 bridgehead atoms. The summed E-state index contributed by atoms with van der Waals surface area (Å²) in [6.07, 6.45) is 1.33. The van der Waals surface area contributed by atoms with E-state index in [9.17, 15) is 38.4 Å². The zero-order valence-electron chi connectivity index (χ0n) is 59.6. The van der Waals surface area contributed by atoms with Gasteiger partial charge in [-0.3, -0.25) is 47.9 Å². The fourth-order valence-electron chi connectivity index (χ4n) is 11.3. The molecular formula is C66H118N10O14. The normalized spacial score (nSPS) is 26.4. The van der Waals surface area contributed by atoms with Crippen LogP contribution in [-0.2, 0) is 67.0 Å². The standard InChI is InChI=1S/C66H118N10O14/c1-27-28-29-43(16)56(89-26)54-60(81)70-52(45(18)88-25)63(84)71(19)35-51(77)72(20)48(32-38(6)7)58(79)68-46(30-36(2)3)61(82)73(21)49(33-39(8)9)57(78)67-44(17)66(87)90-55(42(14)15)65(86)74(22)50(34-40(10)11)59(80)69-47(31-37(4)5)62(83)75(23)53(41(12)13)64(85)76(54)24/h27-28,36-50,52-56H,29-35H2,1-26H3,(H,67,78)(H,68,79)(H,69,80)(H,70,81)/b28-27+/t43-,44-,45-,46-,47-,48+,49-,50-,52-,53-,54-,55+,56-/m1/s1. The summed E-state index contributed by atoms with van der Waals surface area (Å²) >= 11 is 0. The smallest absolute Gasteiger partial charge is 0.329 e. The summed E-state index contributed by atoms with van der Waals surface area (Å²) in [6.45, 7) is 31.5. The first-order chi connectivity index (χ1) is 41.6. The van der Waals surface area contributed by atoms with Crippen molar-refractivity contribution in [3.05, 3.63) is 12.2 Å². The molecule has 0 aliphatic carbocycles. The number of rotatable bonds is 19. The van der Waals surface area contributed by atoms with Crippen molar-refractivity contribution in [1.82, 2.24) is 50.7 Å². The van der Waals surface area contributed by atoms with E-state index < -0.39 is 162 Å². The van der Waals surface area contributed by atoms with Crippen molar-refractivity contribution < 1.29 is 67.0 Å². The molecule has 24 nitrogen and oxygen atoms in total. The van der Waals surface area contributed by atoms with Crippen LogP contribution >= 0.6 is 0 Å². The minimum Gasteiger partial charge on any atom is -0.450 e. The molecule has 0 aromatic heterocycles. The first-order valence-corrected chi connectivity index (χ1v) is 32.3. The fourth-order valence-corrected chi connectivity index (χ4v) is 11.3. The Hall–Kier alpha value is -6.17. The minimum absolute atomic E-state index is 0.113. The molecule has 90 heavy (non-hydrogen) atoms. The van der Waals surface area contributed by atoms with Gasteiger partial charge in [-0.05, 0) is 107 Å². The zero-order valence-corrected chi connectivity index (χ0v) is 59.6. The fraction of sp³-hybridized carbons (Fsp3) is 0.803. The van der Waals surface area contributed by atoms with Crippen LogP contribution < -0.4 is 21.3 Å². The number of allylic oxidation sites excluding steroid dienone is 2. The van der Waals surface area contributed by atoms with Crippen molar-refractivity contribution in [2.24, 2.45) is 47.3 Å². The largest absolute Gasteiger partial charge is 0.450 e. The molecule has 1 aliphatic heterocycles. The lowest BCUT2D eigenvalue weighted by molar-refractivity contribution is -0.166. The highest BCUT2D eigenvalue weighted by Gasteiger charge is 2.46. The number of nitrogens with one attached hydrogen (secondary N) is 4. The summed E-state index contributed by atoms with van der Waals surface area (Å²) in [4.78, 5) is 170. The quantitative estimate of drug-likeness (QED) is 0.101. The van der Waals surface area contributed by atoms with Crippen LogP contribution in [-0.4, -0.2) is 230 Å². The van der Waals surface area contributed by atoms with Crippen LogP contribution in [0.15, 0.2) is 12.2 Å². The number of ether oxygens (including phenoxy) is 3. The Labute approximate surface area is 539 Å². The molecule has 1 fully saturated rings.